The van der Waals surface area contributed by atoms with E-state index >= 15 is 0 Å². The summed E-state index contributed by atoms with van der Waals surface area (Å²) in [6.07, 6.45) is 3.27. The van der Waals surface area contributed by atoms with Crippen LogP contribution in [0.5, 0.6) is 0 Å². The van der Waals surface area contributed by atoms with E-state index in [2.05, 4.69) is 69.8 Å². The largest absolute Gasteiger partial charge is 0.356 e. The van der Waals surface area contributed by atoms with Gasteiger partial charge in [0, 0.05) is 39.0 Å². The summed E-state index contributed by atoms with van der Waals surface area (Å²) in [4.78, 5) is 11.6. The summed E-state index contributed by atoms with van der Waals surface area (Å²) >= 11 is 1.81. The number of likely N-dealkylation sites (tertiary alicyclic amines) is 1. The van der Waals surface area contributed by atoms with Crippen LogP contribution in [0.25, 0.3) is 10.2 Å². The van der Waals surface area contributed by atoms with Gasteiger partial charge in [-0.25, -0.2) is 4.98 Å². The Kier molecular flexibility index (Phi) is 5.68. The number of benzene rings is 2. The summed E-state index contributed by atoms with van der Waals surface area (Å²) < 4.78 is 1.28. The highest BCUT2D eigenvalue weighted by Gasteiger charge is 2.25. The summed E-state index contributed by atoms with van der Waals surface area (Å²) in [5.41, 5.74) is 2.55. The van der Waals surface area contributed by atoms with E-state index in [1.165, 1.54) is 21.7 Å². The van der Waals surface area contributed by atoms with Crippen LogP contribution in [-0.4, -0.2) is 42.5 Å². The van der Waals surface area contributed by atoms with Crippen molar-refractivity contribution in [1.82, 2.24) is 15.2 Å². The van der Waals surface area contributed by atoms with Crippen LogP contribution in [0.15, 0.2) is 59.6 Å². The van der Waals surface area contributed by atoms with E-state index in [0.29, 0.717) is 5.92 Å². The van der Waals surface area contributed by atoms with Crippen molar-refractivity contribution < 1.29 is 0 Å². The maximum absolute atomic E-state index is 4.72. The van der Waals surface area contributed by atoms with Gasteiger partial charge in [-0.05, 0) is 30.5 Å². The van der Waals surface area contributed by atoms with Crippen molar-refractivity contribution in [2.45, 2.75) is 25.2 Å². The molecule has 2 aromatic carbocycles. The summed E-state index contributed by atoms with van der Waals surface area (Å²) in [6, 6.07) is 19.2. The van der Waals surface area contributed by atoms with Crippen molar-refractivity contribution in [2.24, 2.45) is 4.99 Å². The molecule has 1 unspecified atom stereocenters. The zero-order chi connectivity index (χ0) is 18.5. The Hall–Kier alpha value is -2.40. The summed E-state index contributed by atoms with van der Waals surface area (Å²) in [5.74, 6) is 1.63. The van der Waals surface area contributed by atoms with Gasteiger partial charge in [0.25, 0.3) is 0 Å². The molecule has 1 saturated heterocycles. The lowest BCUT2D eigenvalue weighted by Gasteiger charge is -2.21. The minimum atomic E-state index is 0.604. The van der Waals surface area contributed by atoms with Crippen LogP contribution in [-0.2, 0) is 6.42 Å². The number of thiazole rings is 1. The van der Waals surface area contributed by atoms with Crippen molar-refractivity contribution in [2.75, 3.05) is 26.7 Å². The first-order valence-corrected chi connectivity index (χ1v) is 10.5. The fraction of sp³-hybridized carbons (Fsp3) is 0.364. The zero-order valence-electron chi connectivity index (χ0n) is 15.8. The van der Waals surface area contributed by atoms with Gasteiger partial charge in [0.15, 0.2) is 5.96 Å². The number of guanidine groups is 1. The number of nitrogens with one attached hydrogen (secondary N) is 1. The molecule has 1 aliphatic heterocycles. The van der Waals surface area contributed by atoms with Crippen molar-refractivity contribution in [3.05, 3.63) is 65.2 Å². The highest BCUT2D eigenvalue weighted by molar-refractivity contribution is 7.18. The summed E-state index contributed by atoms with van der Waals surface area (Å²) in [7, 11) is 1.88. The van der Waals surface area contributed by atoms with Gasteiger partial charge in [0.2, 0.25) is 0 Å². The van der Waals surface area contributed by atoms with E-state index in [-0.39, 0.29) is 0 Å². The third-order valence-corrected chi connectivity index (χ3v) is 6.26. The quantitative estimate of drug-likeness (QED) is 0.409. The van der Waals surface area contributed by atoms with E-state index in [4.69, 9.17) is 4.98 Å². The number of aromatic nitrogens is 1. The molecule has 0 amide bonds. The molecule has 1 fully saturated rings. The van der Waals surface area contributed by atoms with Gasteiger partial charge in [-0.15, -0.1) is 11.3 Å². The first-order valence-electron chi connectivity index (χ1n) is 9.68. The third-order valence-electron chi connectivity index (χ3n) is 5.16. The summed E-state index contributed by atoms with van der Waals surface area (Å²) in [5, 5.41) is 4.76. The highest BCUT2D eigenvalue weighted by Crippen LogP contribution is 2.27. The lowest BCUT2D eigenvalue weighted by atomic mass is 9.99. The molecule has 2 heterocycles. The maximum atomic E-state index is 4.72. The van der Waals surface area contributed by atoms with Crippen LogP contribution >= 0.6 is 11.3 Å². The molecule has 5 heteroatoms. The van der Waals surface area contributed by atoms with Crippen LogP contribution in [0, 0.1) is 0 Å². The third kappa shape index (κ3) is 4.30. The number of aliphatic imine (C=N–C) groups is 1. The van der Waals surface area contributed by atoms with Gasteiger partial charge in [0.1, 0.15) is 0 Å². The fourth-order valence-electron chi connectivity index (χ4n) is 3.75. The SMILES string of the molecule is CN=C(NCCCc1nc2ccccc2s1)N1CCC(c2ccccc2)C1. The van der Waals surface area contributed by atoms with Gasteiger partial charge in [0.05, 0.1) is 15.2 Å². The molecule has 1 aliphatic rings. The highest BCUT2D eigenvalue weighted by atomic mass is 32.1. The first kappa shape index (κ1) is 18.0. The number of para-hydroxylation sites is 1. The van der Waals surface area contributed by atoms with E-state index in [9.17, 15) is 0 Å². The Morgan fingerprint density at radius 3 is 2.81 bits per heavy atom. The average Bonchev–Trinajstić information content (AvgIpc) is 3.35. The molecule has 4 rings (SSSR count). The second kappa shape index (κ2) is 8.53. The second-order valence-electron chi connectivity index (χ2n) is 7.00. The lowest BCUT2D eigenvalue weighted by Crippen LogP contribution is -2.40. The van der Waals surface area contributed by atoms with Gasteiger partial charge >= 0.3 is 0 Å². The number of hydrogen-bond donors (Lipinski definition) is 1. The molecular formula is C22H26N4S. The van der Waals surface area contributed by atoms with Gasteiger partial charge in [-0.3, -0.25) is 4.99 Å². The van der Waals surface area contributed by atoms with Gasteiger partial charge in [-0.1, -0.05) is 42.5 Å². The lowest BCUT2D eigenvalue weighted by molar-refractivity contribution is 0.485. The Bertz CT molecular complexity index is 870. The van der Waals surface area contributed by atoms with Crippen LogP contribution in [0.1, 0.15) is 29.3 Å². The molecule has 1 N–H and O–H groups in total. The fourth-order valence-corrected chi connectivity index (χ4v) is 4.76. The van der Waals surface area contributed by atoms with Crippen molar-refractivity contribution in [3.63, 3.8) is 0 Å². The van der Waals surface area contributed by atoms with Crippen LogP contribution < -0.4 is 5.32 Å². The molecule has 0 aliphatic carbocycles. The molecule has 3 aromatic rings. The molecule has 0 spiro atoms. The number of rotatable bonds is 5. The number of aryl methyl sites for hydroxylation is 1. The minimum absolute atomic E-state index is 0.604. The van der Waals surface area contributed by atoms with Gasteiger partial charge in [-0.2, -0.15) is 0 Å². The van der Waals surface area contributed by atoms with Crippen LogP contribution in [0.4, 0.5) is 0 Å². The standard InChI is InChI=1S/C22H26N4S/c1-23-22(26-15-13-18(16-26)17-8-3-2-4-9-17)24-14-7-12-21-25-19-10-5-6-11-20(19)27-21/h2-6,8-11,18H,7,12-16H2,1H3,(H,23,24). The number of nitrogens with zero attached hydrogens (tertiary/aromatic N) is 3. The topological polar surface area (TPSA) is 40.5 Å². The predicted octanol–water partition coefficient (Wildman–Crippen LogP) is 4.29. The molecule has 0 radical (unpaired) electrons. The van der Waals surface area contributed by atoms with Crippen molar-refractivity contribution in [3.8, 4) is 0 Å². The molecule has 27 heavy (non-hydrogen) atoms. The van der Waals surface area contributed by atoms with Crippen LogP contribution in [0.2, 0.25) is 0 Å². The molecule has 1 atom stereocenters. The minimum Gasteiger partial charge on any atom is -0.356 e. The Morgan fingerprint density at radius 2 is 2.00 bits per heavy atom. The number of fused-ring (bicyclic) bond motifs is 1. The zero-order valence-corrected chi connectivity index (χ0v) is 16.6. The molecule has 0 saturated carbocycles. The van der Waals surface area contributed by atoms with E-state index in [0.717, 1.165) is 44.0 Å². The smallest absolute Gasteiger partial charge is 0.193 e. The Labute approximate surface area is 165 Å². The van der Waals surface area contributed by atoms with Crippen molar-refractivity contribution in [1.29, 1.82) is 0 Å². The Morgan fingerprint density at radius 1 is 1.19 bits per heavy atom. The molecule has 4 nitrogen and oxygen atoms in total. The van der Waals surface area contributed by atoms with E-state index in [1.54, 1.807) is 11.3 Å². The monoisotopic (exact) mass is 378 g/mol. The average molecular weight is 379 g/mol. The molecule has 1 aromatic heterocycles. The molecule has 0 bridgehead atoms. The Balaban J connectivity index is 1.26. The molecule has 140 valence electrons. The number of hydrogen-bond acceptors (Lipinski definition) is 3. The summed E-state index contributed by atoms with van der Waals surface area (Å²) in [6.45, 7) is 3.04. The normalized spacial score (nSPS) is 17.6. The maximum Gasteiger partial charge on any atom is 0.193 e. The molecular weight excluding hydrogens is 352 g/mol. The van der Waals surface area contributed by atoms with Crippen molar-refractivity contribution >= 4 is 27.5 Å². The van der Waals surface area contributed by atoms with E-state index < -0.39 is 0 Å². The predicted molar refractivity (Wildman–Crippen MR) is 115 cm³/mol. The second-order valence-corrected chi connectivity index (χ2v) is 8.11. The van der Waals surface area contributed by atoms with Crippen LogP contribution in [0.3, 0.4) is 0 Å². The van der Waals surface area contributed by atoms with E-state index in [1.807, 2.05) is 7.05 Å². The first-order chi connectivity index (χ1) is 13.3. The van der Waals surface area contributed by atoms with Gasteiger partial charge < -0.3 is 10.2 Å².